The van der Waals surface area contributed by atoms with Gasteiger partial charge >= 0.3 is 12.0 Å². The fourth-order valence-corrected chi connectivity index (χ4v) is 3.96. The smallest absolute Gasteiger partial charge is 0.323 e. The van der Waals surface area contributed by atoms with Crippen LogP contribution in [0.3, 0.4) is 0 Å². The van der Waals surface area contributed by atoms with E-state index in [4.69, 9.17) is 5.11 Å². The van der Waals surface area contributed by atoms with Crippen molar-refractivity contribution >= 4 is 40.0 Å². The number of carboxylic acid groups (broad SMARTS) is 1. The lowest BCUT2D eigenvalue weighted by atomic mass is 10.1. The van der Waals surface area contributed by atoms with Crippen molar-refractivity contribution in [3.8, 4) is 10.4 Å². The van der Waals surface area contributed by atoms with Crippen LogP contribution >= 0.6 is 11.3 Å². The lowest BCUT2D eigenvalue weighted by Gasteiger charge is -2.32. The number of likely N-dealkylation sites (N-methyl/N-ethyl adjacent to an activating group) is 1. The number of benzene rings is 1. The molecule has 0 spiro atoms. The molecule has 1 aromatic carbocycles. The predicted molar refractivity (Wildman–Crippen MR) is 109 cm³/mol. The quantitative estimate of drug-likeness (QED) is 0.660. The fraction of sp³-hybridized carbons (Fsp3) is 0.200. The number of hydrogen-bond donors (Lipinski definition) is 2. The van der Waals surface area contributed by atoms with Crippen molar-refractivity contribution < 1.29 is 33.1 Å². The first-order valence-electron chi connectivity index (χ1n) is 9.02. The molecule has 1 aliphatic heterocycles. The third kappa shape index (κ3) is 4.77. The van der Waals surface area contributed by atoms with E-state index in [0.29, 0.717) is 4.88 Å². The SMILES string of the molecule is CN1C=CC(=O)[C@H](N(C(=O)NCCC(=O)O)c2ccc(-c3ccc(F)cc3F)s2)C1=O. The molecule has 2 heterocycles. The van der Waals surface area contributed by atoms with Gasteiger partial charge in [-0.3, -0.25) is 19.3 Å². The number of thiophene rings is 1. The number of carbonyl (C=O) groups excluding carboxylic acids is 3. The first-order chi connectivity index (χ1) is 14.7. The predicted octanol–water partition coefficient (Wildman–Crippen LogP) is 2.61. The zero-order valence-electron chi connectivity index (χ0n) is 16.2. The maximum atomic E-state index is 14.2. The van der Waals surface area contributed by atoms with Gasteiger partial charge in [0.2, 0.25) is 0 Å². The van der Waals surface area contributed by atoms with E-state index in [1.54, 1.807) is 0 Å². The Kier molecular flexibility index (Phi) is 6.44. The van der Waals surface area contributed by atoms with Crippen LogP contribution in [0.25, 0.3) is 10.4 Å². The summed E-state index contributed by atoms with van der Waals surface area (Å²) >= 11 is 0.920. The number of hydrogen-bond acceptors (Lipinski definition) is 5. The molecule has 8 nitrogen and oxygen atoms in total. The van der Waals surface area contributed by atoms with Gasteiger partial charge < -0.3 is 15.3 Å². The molecule has 1 atom stereocenters. The van der Waals surface area contributed by atoms with Crippen LogP contribution in [0.15, 0.2) is 42.6 Å². The molecule has 31 heavy (non-hydrogen) atoms. The molecule has 3 rings (SSSR count). The minimum absolute atomic E-state index is 0.0854. The van der Waals surface area contributed by atoms with E-state index in [0.717, 1.165) is 39.3 Å². The summed E-state index contributed by atoms with van der Waals surface area (Å²) in [5.74, 6) is -3.99. The third-order valence-corrected chi connectivity index (χ3v) is 5.55. The van der Waals surface area contributed by atoms with Crippen LogP contribution in [0.1, 0.15) is 6.42 Å². The number of carboxylic acids is 1. The molecule has 2 N–H and O–H groups in total. The Morgan fingerprint density at radius 2 is 1.97 bits per heavy atom. The van der Waals surface area contributed by atoms with Crippen LogP contribution in [-0.4, -0.2) is 53.3 Å². The highest BCUT2D eigenvalue weighted by Gasteiger charge is 2.40. The van der Waals surface area contributed by atoms with E-state index in [2.05, 4.69) is 5.32 Å². The van der Waals surface area contributed by atoms with Crippen molar-refractivity contribution in [2.45, 2.75) is 12.5 Å². The number of nitrogens with zero attached hydrogens (tertiary/aromatic N) is 2. The van der Waals surface area contributed by atoms with Gasteiger partial charge in [0.05, 0.1) is 6.42 Å². The number of ketones is 1. The Labute approximate surface area is 179 Å². The van der Waals surface area contributed by atoms with Crippen molar-refractivity contribution in [2.75, 3.05) is 18.5 Å². The topological polar surface area (TPSA) is 107 Å². The van der Waals surface area contributed by atoms with Gasteiger partial charge in [-0.1, -0.05) is 0 Å². The standard InChI is InChI=1S/C20H17F2N3O5S/c1-24-9-7-14(26)18(19(24)29)25(20(30)23-8-6-17(27)28)16-5-4-15(31-16)12-3-2-11(21)10-13(12)22/h2-5,7,9-10,18H,6,8H2,1H3,(H,23,30)(H,27,28)/t18-/m0/s1. The Bertz CT molecular complexity index is 1080. The summed E-state index contributed by atoms with van der Waals surface area (Å²) in [5, 5.41) is 11.3. The van der Waals surface area contributed by atoms with Crippen LogP contribution in [0.2, 0.25) is 0 Å². The van der Waals surface area contributed by atoms with Gasteiger partial charge in [0, 0.05) is 42.4 Å². The highest BCUT2D eigenvalue weighted by molar-refractivity contribution is 7.19. The van der Waals surface area contributed by atoms with Crippen LogP contribution in [-0.2, 0) is 14.4 Å². The lowest BCUT2D eigenvalue weighted by molar-refractivity contribution is -0.137. The summed E-state index contributed by atoms with van der Waals surface area (Å²) < 4.78 is 27.4. The number of amides is 3. The number of urea groups is 1. The Morgan fingerprint density at radius 1 is 1.23 bits per heavy atom. The van der Waals surface area contributed by atoms with Crippen molar-refractivity contribution in [2.24, 2.45) is 0 Å². The van der Waals surface area contributed by atoms with Gasteiger partial charge in [0.25, 0.3) is 5.91 Å². The minimum atomic E-state index is -1.51. The summed E-state index contributed by atoms with van der Waals surface area (Å²) in [7, 11) is 1.42. The molecule has 0 fully saturated rings. The molecular formula is C20H17F2N3O5S. The molecule has 1 aliphatic rings. The molecule has 11 heteroatoms. The van der Waals surface area contributed by atoms with Crippen molar-refractivity contribution in [3.05, 3.63) is 54.2 Å². The third-order valence-electron chi connectivity index (χ3n) is 4.43. The molecule has 0 radical (unpaired) electrons. The summed E-state index contributed by atoms with van der Waals surface area (Å²) in [4.78, 5) is 51.1. The Morgan fingerprint density at radius 3 is 2.65 bits per heavy atom. The van der Waals surface area contributed by atoms with Gasteiger partial charge in [0.1, 0.15) is 16.6 Å². The van der Waals surface area contributed by atoms with E-state index in [9.17, 15) is 28.0 Å². The van der Waals surface area contributed by atoms with Crippen LogP contribution < -0.4 is 10.2 Å². The van der Waals surface area contributed by atoms with E-state index >= 15 is 0 Å². The van der Waals surface area contributed by atoms with Crippen LogP contribution in [0, 0.1) is 11.6 Å². The van der Waals surface area contributed by atoms with Crippen molar-refractivity contribution in [3.63, 3.8) is 0 Å². The Hall–Kier alpha value is -3.60. The summed E-state index contributed by atoms with van der Waals surface area (Å²) in [6, 6.07) is 3.59. The normalized spacial score (nSPS) is 15.8. The van der Waals surface area contributed by atoms with E-state index in [1.165, 1.54) is 31.4 Å². The van der Waals surface area contributed by atoms with E-state index < -0.39 is 41.4 Å². The van der Waals surface area contributed by atoms with Crippen LogP contribution in [0.4, 0.5) is 18.6 Å². The van der Waals surface area contributed by atoms with Gasteiger partial charge in [-0.15, -0.1) is 11.3 Å². The van der Waals surface area contributed by atoms with Crippen LogP contribution in [0.5, 0.6) is 0 Å². The first kappa shape index (κ1) is 22.1. The van der Waals surface area contributed by atoms with Gasteiger partial charge in [0.15, 0.2) is 11.8 Å². The number of halogens is 2. The highest BCUT2D eigenvalue weighted by atomic mass is 32.1. The number of carbonyl (C=O) groups is 4. The number of rotatable bonds is 6. The molecule has 0 saturated carbocycles. The second kappa shape index (κ2) is 9.04. The molecule has 0 unspecified atom stereocenters. The largest absolute Gasteiger partial charge is 0.481 e. The Balaban J connectivity index is 1.98. The molecular weight excluding hydrogens is 432 g/mol. The molecule has 0 aliphatic carbocycles. The minimum Gasteiger partial charge on any atom is -0.481 e. The first-order valence-corrected chi connectivity index (χ1v) is 9.83. The second-order valence-corrected chi connectivity index (χ2v) is 7.64. The second-order valence-electron chi connectivity index (χ2n) is 6.58. The maximum Gasteiger partial charge on any atom is 0.323 e. The van der Waals surface area contributed by atoms with Crippen molar-refractivity contribution in [1.29, 1.82) is 0 Å². The van der Waals surface area contributed by atoms with Crippen molar-refractivity contribution in [1.82, 2.24) is 10.2 Å². The molecule has 0 saturated heterocycles. The van der Waals surface area contributed by atoms with Gasteiger partial charge in [-0.2, -0.15) is 0 Å². The molecule has 1 aromatic heterocycles. The van der Waals surface area contributed by atoms with E-state index in [-0.39, 0.29) is 23.5 Å². The molecule has 0 bridgehead atoms. The molecule has 162 valence electrons. The summed E-state index contributed by atoms with van der Waals surface area (Å²) in [5.41, 5.74) is 0.0854. The number of aliphatic carboxylic acids is 1. The van der Waals surface area contributed by atoms with Gasteiger partial charge in [-0.25, -0.2) is 13.6 Å². The monoisotopic (exact) mass is 449 g/mol. The zero-order valence-corrected chi connectivity index (χ0v) is 17.0. The average Bonchev–Trinajstić information content (AvgIpc) is 3.17. The lowest BCUT2D eigenvalue weighted by Crippen LogP contribution is -2.57. The van der Waals surface area contributed by atoms with E-state index in [1.807, 2.05) is 0 Å². The zero-order chi connectivity index (χ0) is 22.7. The van der Waals surface area contributed by atoms with Gasteiger partial charge in [-0.05, 0) is 24.3 Å². The number of anilines is 1. The number of nitrogens with one attached hydrogen (secondary N) is 1. The summed E-state index contributed by atoms with van der Waals surface area (Å²) in [6.07, 6.45) is 2.07. The molecule has 2 aromatic rings. The molecule has 3 amide bonds. The fourth-order valence-electron chi connectivity index (χ4n) is 2.90. The highest BCUT2D eigenvalue weighted by Crippen LogP contribution is 2.36. The average molecular weight is 449 g/mol. The maximum absolute atomic E-state index is 14.2. The summed E-state index contributed by atoms with van der Waals surface area (Å²) in [6.45, 7) is -0.226.